The average molecular weight is 312 g/mol. The van der Waals surface area contributed by atoms with Gasteiger partial charge in [0.1, 0.15) is 11.9 Å². The van der Waals surface area contributed by atoms with Crippen LogP contribution in [0.4, 0.5) is 0 Å². The van der Waals surface area contributed by atoms with Gasteiger partial charge >= 0.3 is 0 Å². The van der Waals surface area contributed by atoms with Crippen molar-refractivity contribution >= 4 is 11.6 Å². The molecule has 1 aliphatic rings. The molecule has 0 aliphatic heterocycles. The zero-order chi connectivity index (χ0) is 15.2. The first-order valence-corrected chi connectivity index (χ1v) is 8.28. The third kappa shape index (κ3) is 4.87. The molecule has 2 rings (SSSR count). The standard InChI is InChI=1S/C17H26ClNO2/c1-12(2)10-19-11-13-14(18)6-5-9-16(13)21-17-8-4-3-7-15(17)20/h5-6,9,12,15,17,19-20H,3-4,7-8,10-11H2,1-2H3. The molecule has 0 heterocycles. The summed E-state index contributed by atoms with van der Waals surface area (Å²) in [5.74, 6) is 1.39. The molecule has 118 valence electrons. The van der Waals surface area contributed by atoms with Crippen molar-refractivity contribution < 1.29 is 9.84 Å². The van der Waals surface area contributed by atoms with Crippen LogP contribution >= 0.6 is 11.6 Å². The number of nitrogens with one attached hydrogen (secondary N) is 1. The molecule has 2 unspecified atom stereocenters. The van der Waals surface area contributed by atoms with Gasteiger partial charge in [-0.05, 0) is 43.9 Å². The Morgan fingerprint density at radius 3 is 2.81 bits per heavy atom. The summed E-state index contributed by atoms with van der Waals surface area (Å²) in [6, 6.07) is 5.73. The van der Waals surface area contributed by atoms with Gasteiger partial charge in [-0.3, -0.25) is 0 Å². The maximum atomic E-state index is 10.1. The van der Waals surface area contributed by atoms with Crippen molar-refractivity contribution in [1.82, 2.24) is 5.32 Å². The predicted octanol–water partition coefficient (Wildman–Crippen LogP) is 3.77. The highest BCUT2D eigenvalue weighted by Gasteiger charge is 2.25. The van der Waals surface area contributed by atoms with E-state index in [-0.39, 0.29) is 12.2 Å². The van der Waals surface area contributed by atoms with Crippen LogP contribution in [0.2, 0.25) is 5.02 Å². The van der Waals surface area contributed by atoms with E-state index in [1.54, 1.807) is 0 Å². The molecule has 0 saturated heterocycles. The fourth-order valence-corrected chi connectivity index (χ4v) is 2.92. The summed E-state index contributed by atoms with van der Waals surface area (Å²) in [4.78, 5) is 0. The van der Waals surface area contributed by atoms with Gasteiger partial charge in [0.15, 0.2) is 0 Å². The first-order valence-electron chi connectivity index (χ1n) is 7.90. The van der Waals surface area contributed by atoms with E-state index < -0.39 is 0 Å². The smallest absolute Gasteiger partial charge is 0.125 e. The number of ether oxygens (including phenoxy) is 1. The van der Waals surface area contributed by atoms with E-state index in [4.69, 9.17) is 16.3 Å². The average Bonchev–Trinajstić information content (AvgIpc) is 2.44. The van der Waals surface area contributed by atoms with E-state index in [1.807, 2.05) is 18.2 Å². The Labute approximate surface area is 132 Å². The minimum absolute atomic E-state index is 0.110. The first-order chi connectivity index (χ1) is 10.1. The third-order valence-corrected chi connectivity index (χ3v) is 4.23. The molecule has 0 bridgehead atoms. The molecule has 0 amide bonds. The van der Waals surface area contributed by atoms with Gasteiger partial charge in [0.05, 0.1) is 6.10 Å². The van der Waals surface area contributed by atoms with Crippen LogP contribution in [0.15, 0.2) is 18.2 Å². The molecule has 1 aromatic carbocycles. The molecule has 1 saturated carbocycles. The van der Waals surface area contributed by atoms with Gasteiger partial charge in [-0.2, -0.15) is 0 Å². The van der Waals surface area contributed by atoms with Gasteiger partial charge in [-0.1, -0.05) is 37.9 Å². The topological polar surface area (TPSA) is 41.5 Å². The molecular weight excluding hydrogens is 286 g/mol. The summed E-state index contributed by atoms with van der Waals surface area (Å²) in [6.45, 7) is 5.98. The van der Waals surface area contributed by atoms with Crippen molar-refractivity contribution in [2.45, 2.75) is 58.3 Å². The zero-order valence-corrected chi connectivity index (χ0v) is 13.7. The highest BCUT2D eigenvalue weighted by molar-refractivity contribution is 6.31. The zero-order valence-electron chi connectivity index (χ0n) is 12.9. The van der Waals surface area contributed by atoms with Crippen LogP contribution < -0.4 is 10.1 Å². The minimum atomic E-state index is -0.366. The summed E-state index contributed by atoms with van der Waals surface area (Å²) in [5, 5.41) is 14.2. The quantitative estimate of drug-likeness (QED) is 0.840. The summed E-state index contributed by atoms with van der Waals surface area (Å²) in [6.07, 6.45) is 3.46. The maximum Gasteiger partial charge on any atom is 0.125 e. The predicted molar refractivity (Wildman–Crippen MR) is 86.9 cm³/mol. The van der Waals surface area contributed by atoms with E-state index in [9.17, 15) is 5.11 Å². The van der Waals surface area contributed by atoms with E-state index in [1.165, 1.54) is 0 Å². The van der Waals surface area contributed by atoms with Gasteiger partial charge < -0.3 is 15.2 Å². The maximum absolute atomic E-state index is 10.1. The fraction of sp³-hybridized carbons (Fsp3) is 0.647. The van der Waals surface area contributed by atoms with Crippen LogP contribution in [-0.2, 0) is 6.54 Å². The van der Waals surface area contributed by atoms with Crippen LogP contribution in [0.1, 0.15) is 45.1 Å². The number of aliphatic hydroxyl groups is 1. The Bertz CT molecular complexity index is 450. The largest absolute Gasteiger partial charge is 0.487 e. The summed E-state index contributed by atoms with van der Waals surface area (Å²) < 4.78 is 6.06. The number of rotatable bonds is 6. The van der Waals surface area contributed by atoms with Crippen molar-refractivity contribution in [1.29, 1.82) is 0 Å². The van der Waals surface area contributed by atoms with Crippen molar-refractivity contribution in [3.05, 3.63) is 28.8 Å². The van der Waals surface area contributed by atoms with Crippen LogP contribution in [0.5, 0.6) is 5.75 Å². The molecule has 21 heavy (non-hydrogen) atoms. The molecule has 2 atom stereocenters. The third-order valence-electron chi connectivity index (χ3n) is 3.88. The Morgan fingerprint density at radius 2 is 2.10 bits per heavy atom. The first kappa shape index (κ1) is 16.6. The molecule has 1 aliphatic carbocycles. The molecule has 1 aromatic rings. The van der Waals surface area contributed by atoms with Gasteiger partial charge in [-0.25, -0.2) is 0 Å². The Balaban J connectivity index is 2.05. The van der Waals surface area contributed by atoms with Crippen molar-refractivity contribution in [3.63, 3.8) is 0 Å². The Kier molecular flexibility index (Phi) is 6.34. The number of halogens is 1. The summed E-state index contributed by atoms with van der Waals surface area (Å²) in [5.41, 5.74) is 0.984. The van der Waals surface area contributed by atoms with Crippen LogP contribution in [0.25, 0.3) is 0 Å². The van der Waals surface area contributed by atoms with Gasteiger partial charge in [0, 0.05) is 17.1 Å². The summed E-state index contributed by atoms with van der Waals surface area (Å²) in [7, 11) is 0. The van der Waals surface area contributed by atoms with Crippen LogP contribution in [0, 0.1) is 5.92 Å². The lowest BCUT2D eigenvalue weighted by molar-refractivity contribution is 0.00636. The van der Waals surface area contributed by atoms with Crippen molar-refractivity contribution in [3.8, 4) is 5.75 Å². The number of aliphatic hydroxyl groups excluding tert-OH is 1. The highest BCUT2D eigenvalue weighted by atomic mass is 35.5. The molecule has 4 heteroatoms. The molecule has 1 fully saturated rings. The molecule has 0 spiro atoms. The van der Waals surface area contributed by atoms with E-state index in [0.717, 1.165) is 43.5 Å². The highest BCUT2D eigenvalue weighted by Crippen LogP contribution is 2.30. The number of hydrogen-bond acceptors (Lipinski definition) is 3. The number of benzene rings is 1. The fourth-order valence-electron chi connectivity index (χ4n) is 2.68. The van der Waals surface area contributed by atoms with Crippen LogP contribution in [-0.4, -0.2) is 23.9 Å². The summed E-state index contributed by atoms with van der Waals surface area (Å²) >= 11 is 6.32. The minimum Gasteiger partial charge on any atom is -0.487 e. The Hall–Kier alpha value is -0.770. The Morgan fingerprint density at radius 1 is 1.33 bits per heavy atom. The molecular formula is C17H26ClNO2. The lowest BCUT2D eigenvalue weighted by atomic mass is 9.95. The second-order valence-corrected chi connectivity index (χ2v) is 6.66. The van der Waals surface area contributed by atoms with Crippen LogP contribution in [0.3, 0.4) is 0 Å². The SMILES string of the molecule is CC(C)CNCc1c(Cl)cccc1OC1CCCCC1O. The lowest BCUT2D eigenvalue weighted by Gasteiger charge is -2.29. The van der Waals surface area contributed by atoms with E-state index >= 15 is 0 Å². The van der Waals surface area contributed by atoms with Crippen molar-refractivity contribution in [2.75, 3.05) is 6.54 Å². The van der Waals surface area contributed by atoms with Gasteiger partial charge in [0.2, 0.25) is 0 Å². The molecule has 2 N–H and O–H groups in total. The van der Waals surface area contributed by atoms with Gasteiger partial charge in [-0.15, -0.1) is 0 Å². The lowest BCUT2D eigenvalue weighted by Crippen LogP contribution is -2.35. The molecule has 0 radical (unpaired) electrons. The second kappa shape index (κ2) is 8.02. The monoisotopic (exact) mass is 311 g/mol. The second-order valence-electron chi connectivity index (χ2n) is 6.25. The number of hydrogen-bond donors (Lipinski definition) is 2. The normalized spacial score (nSPS) is 22.5. The molecule has 0 aromatic heterocycles. The molecule has 3 nitrogen and oxygen atoms in total. The van der Waals surface area contributed by atoms with Gasteiger partial charge in [0.25, 0.3) is 0 Å². The van der Waals surface area contributed by atoms with Crippen molar-refractivity contribution in [2.24, 2.45) is 5.92 Å². The van der Waals surface area contributed by atoms with E-state index in [2.05, 4.69) is 19.2 Å². The van der Waals surface area contributed by atoms with E-state index in [0.29, 0.717) is 17.5 Å².